The zero-order valence-corrected chi connectivity index (χ0v) is 11.8. The molecule has 1 aromatic rings. The van der Waals surface area contributed by atoms with E-state index < -0.39 is 0 Å². The summed E-state index contributed by atoms with van der Waals surface area (Å²) < 4.78 is 13.1. The molecule has 0 radical (unpaired) electrons. The summed E-state index contributed by atoms with van der Waals surface area (Å²) in [6, 6.07) is 5.51. The van der Waals surface area contributed by atoms with E-state index >= 15 is 0 Å². The van der Waals surface area contributed by atoms with Gasteiger partial charge in [-0.2, -0.15) is 0 Å². The molecule has 0 amide bonds. The van der Waals surface area contributed by atoms with Crippen LogP contribution < -0.4 is 5.32 Å². The Morgan fingerprint density at radius 1 is 1.44 bits per heavy atom. The van der Waals surface area contributed by atoms with Crippen molar-refractivity contribution < 1.29 is 4.39 Å². The van der Waals surface area contributed by atoms with Crippen molar-refractivity contribution in [3.8, 4) is 0 Å². The van der Waals surface area contributed by atoms with Crippen LogP contribution in [0, 0.1) is 17.7 Å². The van der Waals surface area contributed by atoms with E-state index in [0.29, 0.717) is 12.0 Å². The summed E-state index contributed by atoms with van der Waals surface area (Å²) in [6.07, 6.45) is 3.63. The van der Waals surface area contributed by atoms with Crippen LogP contribution in [0.15, 0.2) is 18.2 Å². The summed E-state index contributed by atoms with van der Waals surface area (Å²) in [5.74, 6) is 1.20. The fourth-order valence-electron chi connectivity index (χ4n) is 2.58. The van der Waals surface area contributed by atoms with Gasteiger partial charge in [0, 0.05) is 6.04 Å². The molecule has 2 unspecified atom stereocenters. The van der Waals surface area contributed by atoms with Crippen molar-refractivity contribution in [2.75, 3.05) is 6.54 Å². The maximum absolute atomic E-state index is 13.1. The second-order valence-corrected chi connectivity index (χ2v) is 5.72. The summed E-state index contributed by atoms with van der Waals surface area (Å²) in [5, 5.41) is 3.77. The average Bonchev–Trinajstić information content (AvgIpc) is 3.16. The van der Waals surface area contributed by atoms with E-state index in [4.69, 9.17) is 11.6 Å². The number of hydrogen-bond acceptors (Lipinski definition) is 1. The monoisotopic (exact) mass is 269 g/mol. The van der Waals surface area contributed by atoms with Crippen LogP contribution >= 0.6 is 11.6 Å². The fourth-order valence-corrected chi connectivity index (χ4v) is 2.78. The van der Waals surface area contributed by atoms with Gasteiger partial charge in [0.25, 0.3) is 0 Å². The van der Waals surface area contributed by atoms with Gasteiger partial charge in [-0.25, -0.2) is 4.39 Å². The van der Waals surface area contributed by atoms with Crippen LogP contribution in [-0.2, 0) is 6.42 Å². The third-order valence-electron chi connectivity index (χ3n) is 3.91. The lowest BCUT2D eigenvalue weighted by atomic mass is 9.91. The molecule has 0 saturated heterocycles. The van der Waals surface area contributed by atoms with Crippen molar-refractivity contribution in [1.29, 1.82) is 0 Å². The molecule has 1 N–H and O–H groups in total. The third-order valence-corrected chi connectivity index (χ3v) is 4.20. The van der Waals surface area contributed by atoms with Gasteiger partial charge in [-0.1, -0.05) is 31.5 Å². The van der Waals surface area contributed by atoms with E-state index in [1.807, 2.05) is 6.07 Å². The van der Waals surface area contributed by atoms with Gasteiger partial charge in [0.05, 0.1) is 5.02 Å². The molecule has 1 aliphatic carbocycles. The Bertz CT molecular complexity index is 403. The van der Waals surface area contributed by atoms with Crippen molar-refractivity contribution in [2.24, 2.45) is 11.8 Å². The number of nitrogens with one attached hydrogen (secondary N) is 1. The molecule has 0 spiro atoms. The van der Waals surface area contributed by atoms with Crippen molar-refractivity contribution in [1.82, 2.24) is 5.32 Å². The summed E-state index contributed by atoms with van der Waals surface area (Å²) in [4.78, 5) is 0. The highest BCUT2D eigenvalue weighted by molar-refractivity contribution is 6.30. The number of rotatable bonds is 6. The Labute approximate surface area is 114 Å². The Morgan fingerprint density at radius 3 is 2.72 bits per heavy atom. The van der Waals surface area contributed by atoms with Gasteiger partial charge in [-0.3, -0.25) is 0 Å². The molecule has 1 nitrogen and oxygen atoms in total. The van der Waals surface area contributed by atoms with Crippen LogP contribution in [0.1, 0.15) is 32.3 Å². The SMILES string of the molecule is CCNC(Cc1ccc(F)c(Cl)c1)C(C)C1CC1. The minimum atomic E-state index is -0.337. The average molecular weight is 270 g/mol. The number of benzene rings is 1. The molecule has 1 aromatic carbocycles. The second-order valence-electron chi connectivity index (χ2n) is 5.31. The first-order valence-electron chi connectivity index (χ1n) is 6.79. The van der Waals surface area contributed by atoms with Crippen LogP contribution in [0.4, 0.5) is 4.39 Å². The molecule has 2 atom stereocenters. The smallest absolute Gasteiger partial charge is 0.141 e. The molecule has 0 aliphatic heterocycles. The Balaban J connectivity index is 2.04. The first kappa shape index (κ1) is 13.8. The molecular formula is C15H21ClFN. The van der Waals surface area contributed by atoms with Gasteiger partial charge in [0.1, 0.15) is 5.82 Å². The lowest BCUT2D eigenvalue weighted by Gasteiger charge is -2.25. The quantitative estimate of drug-likeness (QED) is 0.822. The standard InChI is InChI=1S/C15H21ClFN/c1-3-18-15(10(2)12-5-6-12)9-11-4-7-14(17)13(16)8-11/h4,7-8,10,12,15,18H,3,5-6,9H2,1-2H3. The van der Waals surface area contributed by atoms with Crippen molar-refractivity contribution >= 4 is 11.6 Å². The predicted molar refractivity (Wildman–Crippen MR) is 74.5 cm³/mol. The third kappa shape index (κ3) is 3.46. The van der Waals surface area contributed by atoms with Crippen LogP contribution in [0.2, 0.25) is 5.02 Å². The Morgan fingerprint density at radius 2 is 2.17 bits per heavy atom. The zero-order valence-electron chi connectivity index (χ0n) is 11.0. The van der Waals surface area contributed by atoms with Crippen molar-refractivity contribution in [2.45, 2.75) is 39.2 Å². The van der Waals surface area contributed by atoms with Gasteiger partial charge in [-0.15, -0.1) is 0 Å². The molecule has 2 rings (SSSR count). The van der Waals surface area contributed by atoms with Crippen LogP contribution in [0.3, 0.4) is 0 Å². The van der Waals surface area contributed by atoms with E-state index in [2.05, 4.69) is 19.2 Å². The Kier molecular flexibility index (Phi) is 4.63. The summed E-state index contributed by atoms with van der Waals surface area (Å²) in [7, 11) is 0. The molecule has 18 heavy (non-hydrogen) atoms. The fraction of sp³-hybridized carbons (Fsp3) is 0.600. The normalized spacial score (nSPS) is 18.7. The maximum atomic E-state index is 13.1. The van der Waals surface area contributed by atoms with E-state index in [9.17, 15) is 4.39 Å². The highest BCUT2D eigenvalue weighted by Gasteiger charge is 2.32. The largest absolute Gasteiger partial charge is 0.314 e. The molecule has 0 aromatic heterocycles. The van der Waals surface area contributed by atoms with Gasteiger partial charge in [0.15, 0.2) is 0 Å². The van der Waals surface area contributed by atoms with Crippen LogP contribution in [0.5, 0.6) is 0 Å². The number of likely N-dealkylation sites (N-methyl/N-ethyl adjacent to an activating group) is 1. The van der Waals surface area contributed by atoms with E-state index in [-0.39, 0.29) is 10.8 Å². The zero-order chi connectivity index (χ0) is 13.1. The van der Waals surface area contributed by atoms with E-state index in [1.165, 1.54) is 18.9 Å². The molecule has 1 fully saturated rings. The summed E-state index contributed by atoms with van der Waals surface area (Å²) in [5.41, 5.74) is 1.11. The first-order chi connectivity index (χ1) is 8.61. The van der Waals surface area contributed by atoms with Crippen molar-refractivity contribution in [3.05, 3.63) is 34.6 Å². The molecular weight excluding hydrogens is 249 g/mol. The van der Waals surface area contributed by atoms with Crippen molar-refractivity contribution in [3.63, 3.8) is 0 Å². The molecule has 1 saturated carbocycles. The highest BCUT2D eigenvalue weighted by Crippen LogP contribution is 2.38. The minimum Gasteiger partial charge on any atom is -0.314 e. The van der Waals surface area contributed by atoms with Gasteiger partial charge in [-0.05, 0) is 55.3 Å². The van der Waals surface area contributed by atoms with Crippen LogP contribution in [0.25, 0.3) is 0 Å². The second kappa shape index (κ2) is 6.03. The summed E-state index contributed by atoms with van der Waals surface area (Å²) in [6.45, 7) is 5.41. The van der Waals surface area contributed by atoms with Gasteiger partial charge < -0.3 is 5.32 Å². The number of hydrogen-bond donors (Lipinski definition) is 1. The first-order valence-corrected chi connectivity index (χ1v) is 7.17. The predicted octanol–water partition coefficient (Wildman–Crippen LogP) is 4.05. The van der Waals surface area contributed by atoms with Gasteiger partial charge >= 0.3 is 0 Å². The lowest BCUT2D eigenvalue weighted by Crippen LogP contribution is -2.37. The molecule has 1 aliphatic rings. The lowest BCUT2D eigenvalue weighted by molar-refractivity contribution is 0.344. The molecule has 3 heteroatoms. The minimum absolute atomic E-state index is 0.224. The highest BCUT2D eigenvalue weighted by atomic mass is 35.5. The summed E-state index contributed by atoms with van der Waals surface area (Å²) >= 11 is 5.83. The Hall–Kier alpha value is -0.600. The molecule has 0 heterocycles. The van der Waals surface area contributed by atoms with E-state index in [0.717, 1.165) is 24.4 Å². The van der Waals surface area contributed by atoms with E-state index in [1.54, 1.807) is 6.07 Å². The molecule has 100 valence electrons. The van der Waals surface area contributed by atoms with Crippen LogP contribution in [-0.4, -0.2) is 12.6 Å². The topological polar surface area (TPSA) is 12.0 Å². The van der Waals surface area contributed by atoms with Gasteiger partial charge in [0.2, 0.25) is 0 Å². The molecule has 0 bridgehead atoms. The number of halogens is 2. The maximum Gasteiger partial charge on any atom is 0.141 e.